The molecule has 0 saturated heterocycles. The fraction of sp³-hybridized carbons (Fsp3) is 0.733. The third kappa shape index (κ3) is 1.75. The molecule has 1 heterocycles. The third-order valence-electron chi connectivity index (χ3n) is 5.57. The van der Waals surface area contributed by atoms with Gasteiger partial charge in [-0.05, 0) is 58.9 Å². The maximum atomic E-state index is 12.9. The summed E-state index contributed by atoms with van der Waals surface area (Å²) in [5.74, 6) is 3.59. The van der Waals surface area contributed by atoms with Crippen LogP contribution in [-0.2, 0) is 11.3 Å². The van der Waals surface area contributed by atoms with Gasteiger partial charge < -0.3 is 4.74 Å². The quantitative estimate of drug-likeness (QED) is 0.775. The van der Waals surface area contributed by atoms with Crippen LogP contribution in [0.5, 0.6) is 0 Å². The number of hydrogen-bond donors (Lipinski definition) is 0. The number of fused-ring (bicyclic) bond motifs is 5. The van der Waals surface area contributed by atoms with Gasteiger partial charge in [-0.1, -0.05) is 0 Å². The molecule has 0 aliphatic heterocycles. The molecule has 20 heavy (non-hydrogen) atoms. The van der Waals surface area contributed by atoms with E-state index in [2.05, 4.69) is 21.0 Å². The Hall–Kier alpha value is -0.680. The van der Waals surface area contributed by atoms with Crippen LogP contribution >= 0.6 is 15.9 Å². The first kappa shape index (κ1) is 13.0. The second-order valence-electron chi connectivity index (χ2n) is 6.44. The first-order valence-electron chi connectivity index (χ1n) is 7.47. The van der Waals surface area contributed by atoms with Crippen LogP contribution in [0.2, 0.25) is 0 Å². The van der Waals surface area contributed by atoms with Gasteiger partial charge in [0.25, 0.3) is 0 Å². The van der Waals surface area contributed by atoms with Crippen molar-refractivity contribution in [3.05, 3.63) is 16.4 Å². The number of halogens is 1. The Morgan fingerprint density at radius 1 is 1.45 bits per heavy atom. The van der Waals surface area contributed by atoms with Gasteiger partial charge in [-0.3, -0.25) is 9.48 Å². The molecule has 1 aromatic rings. The minimum absolute atomic E-state index is 0.274. The summed E-state index contributed by atoms with van der Waals surface area (Å²) in [7, 11) is 1.67. The fourth-order valence-corrected chi connectivity index (χ4v) is 5.28. The van der Waals surface area contributed by atoms with Gasteiger partial charge in [0.15, 0.2) is 5.78 Å². The van der Waals surface area contributed by atoms with Crippen LogP contribution in [0.4, 0.5) is 0 Å². The lowest BCUT2D eigenvalue weighted by Crippen LogP contribution is -2.18. The summed E-state index contributed by atoms with van der Waals surface area (Å²) >= 11 is 3.49. The molecule has 4 rings (SSSR count). The van der Waals surface area contributed by atoms with E-state index in [-0.39, 0.29) is 5.92 Å². The van der Waals surface area contributed by atoms with Crippen LogP contribution < -0.4 is 0 Å². The van der Waals surface area contributed by atoms with Crippen molar-refractivity contribution >= 4 is 21.7 Å². The molecule has 0 radical (unpaired) electrons. The van der Waals surface area contributed by atoms with Gasteiger partial charge in [-0.25, -0.2) is 0 Å². The minimum Gasteiger partial charge on any atom is -0.383 e. The molecule has 4 unspecified atom stereocenters. The van der Waals surface area contributed by atoms with E-state index in [0.717, 1.165) is 22.0 Å². The highest BCUT2D eigenvalue weighted by Crippen LogP contribution is 2.70. The molecule has 2 bridgehead atoms. The van der Waals surface area contributed by atoms with Gasteiger partial charge in [0.2, 0.25) is 0 Å². The standard InChI is InChI=1S/C15H19BrN2O2/c1-20-5-4-18-14(10(16)7-17-18)15(19)13-11-8-2-3-9(6-8)12(11)13/h7-9,11-13H,2-6H2,1H3. The summed E-state index contributed by atoms with van der Waals surface area (Å²) in [5, 5.41) is 4.30. The van der Waals surface area contributed by atoms with E-state index in [1.165, 1.54) is 19.3 Å². The van der Waals surface area contributed by atoms with Crippen molar-refractivity contribution in [2.45, 2.75) is 25.8 Å². The average molecular weight is 339 g/mol. The Labute approximate surface area is 127 Å². The molecule has 0 amide bonds. The molecule has 4 nitrogen and oxygen atoms in total. The summed E-state index contributed by atoms with van der Waals surface area (Å²) in [6.45, 7) is 1.22. The monoisotopic (exact) mass is 338 g/mol. The Kier molecular flexibility index (Phi) is 3.04. The molecular weight excluding hydrogens is 320 g/mol. The summed E-state index contributed by atoms with van der Waals surface area (Å²) in [6.07, 6.45) is 5.80. The molecule has 3 aliphatic carbocycles. The summed E-state index contributed by atoms with van der Waals surface area (Å²) < 4.78 is 7.72. The lowest BCUT2D eigenvalue weighted by Gasteiger charge is -2.10. The van der Waals surface area contributed by atoms with Crippen molar-refractivity contribution in [1.29, 1.82) is 0 Å². The number of hydrogen-bond acceptors (Lipinski definition) is 3. The number of carbonyl (C=O) groups excluding carboxylic acids is 1. The van der Waals surface area contributed by atoms with Crippen molar-refractivity contribution < 1.29 is 9.53 Å². The second kappa shape index (κ2) is 4.67. The maximum absolute atomic E-state index is 12.9. The van der Waals surface area contributed by atoms with Crippen molar-refractivity contribution in [3.63, 3.8) is 0 Å². The van der Waals surface area contributed by atoms with Crippen molar-refractivity contribution in [2.75, 3.05) is 13.7 Å². The summed E-state index contributed by atoms with van der Waals surface area (Å²) in [6, 6.07) is 0. The first-order chi connectivity index (χ1) is 9.72. The molecule has 0 aromatic carbocycles. The van der Waals surface area contributed by atoms with E-state index >= 15 is 0 Å². The highest BCUT2D eigenvalue weighted by molar-refractivity contribution is 9.10. The van der Waals surface area contributed by atoms with Crippen LogP contribution in [0, 0.1) is 29.6 Å². The average Bonchev–Trinajstić information content (AvgIpc) is 2.75. The van der Waals surface area contributed by atoms with Crippen LogP contribution in [0.25, 0.3) is 0 Å². The Balaban J connectivity index is 1.56. The largest absolute Gasteiger partial charge is 0.383 e. The Morgan fingerprint density at radius 3 is 2.80 bits per heavy atom. The Bertz CT molecular complexity index is 540. The number of rotatable bonds is 5. The first-order valence-corrected chi connectivity index (χ1v) is 8.26. The normalized spacial score (nSPS) is 37.2. The van der Waals surface area contributed by atoms with Crippen LogP contribution in [0.3, 0.4) is 0 Å². The number of aromatic nitrogens is 2. The zero-order valence-corrected chi connectivity index (χ0v) is 13.2. The van der Waals surface area contributed by atoms with Crippen molar-refractivity contribution in [1.82, 2.24) is 9.78 Å². The van der Waals surface area contributed by atoms with Gasteiger partial charge in [-0.2, -0.15) is 5.10 Å². The molecule has 3 aliphatic rings. The Morgan fingerprint density at radius 2 is 2.15 bits per heavy atom. The van der Waals surface area contributed by atoms with Crippen LogP contribution in [-0.4, -0.2) is 29.3 Å². The van der Waals surface area contributed by atoms with E-state index in [1.54, 1.807) is 18.0 Å². The molecule has 0 N–H and O–H groups in total. The lowest BCUT2D eigenvalue weighted by atomic mass is 9.98. The summed E-state index contributed by atoms with van der Waals surface area (Å²) in [5.41, 5.74) is 0.751. The molecule has 3 saturated carbocycles. The molecule has 4 atom stereocenters. The SMILES string of the molecule is COCCn1ncc(Br)c1C(=O)C1C2C3CCC(C3)C12. The van der Waals surface area contributed by atoms with Crippen LogP contribution in [0.15, 0.2) is 10.7 Å². The van der Waals surface area contributed by atoms with E-state index in [0.29, 0.717) is 30.8 Å². The molecule has 108 valence electrons. The van der Waals surface area contributed by atoms with E-state index in [9.17, 15) is 4.79 Å². The van der Waals surface area contributed by atoms with Crippen molar-refractivity contribution in [2.24, 2.45) is 29.6 Å². The molecule has 0 spiro atoms. The fourth-order valence-electron chi connectivity index (χ4n) is 4.79. The van der Waals surface area contributed by atoms with E-state index in [4.69, 9.17) is 4.74 Å². The molecule has 1 aromatic heterocycles. The number of carbonyl (C=O) groups is 1. The molecule has 5 heteroatoms. The minimum atomic E-state index is 0.274. The highest BCUT2D eigenvalue weighted by atomic mass is 79.9. The number of nitrogens with zero attached hydrogens (tertiary/aromatic N) is 2. The lowest BCUT2D eigenvalue weighted by molar-refractivity contribution is 0.0929. The smallest absolute Gasteiger partial charge is 0.185 e. The predicted octanol–water partition coefficient (Wildman–Crippen LogP) is 2.77. The highest BCUT2D eigenvalue weighted by Gasteiger charge is 2.67. The van der Waals surface area contributed by atoms with Crippen LogP contribution in [0.1, 0.15) is 29.8 Å². The third-order valence-corrected chi connectivity index (χ3v) is 6.15. The van der Waals surface area contributed by atoms with Gasteiger partial charge in [0.1, 0.15) is 5.69 Å². The van der Waals surface area contributed by atoms with Gasteiger partial charge in [0, 0.05) is 13.0 Å². The van der Waals surface area contributed by atoms with Crippen molar-refractivity contribution in [3.8, 4) is 0 Å². The van der Waals surface area contributed by atoms with Gasteiger partial charge in [0.05, 0.1) is 23.8 Å². The van der Waals surface area contributed by atoms with E-state index in [1.807, 2.05) is 0 Å². The zero-order valence-electron chi connectivity index (χ0n) is 11.6. The predicted molar refractivity (Wildman–Crippen MR) is 77.4 cm³/mol. The number of ketones is 1. The number of methoxy groups -OCH3 is 1. The topological polar surface area (TPSA) is 44.1 Å². The second-order valence-corrected chi connectivity index (χ2v) is 7.29. The van der Waals surface area contributed by atoms with E-state index < -0.39 is 0 Å². The number of ether oxygens (including phenoxy) is 1. The number of Topliss-reactive ketones (excluding diaryl/α,β-unsaturated/α-hetero) is 1. The zero-order chi connectivity index (χ0) is 13.9. The van der Waals surface area contributed by atoms with Gasteiger partial charge in [-0.15, -0.1) is 0 Å². The molecule has 3 fully saturated rings. The molecular formula is C15H19BrN2O2. The maximum Gasteiger partial charge on any atom is 0.185 e. The summed E-state index contributed by atoms with van der Waals surface area (Å²) in [4.78, 5) is 12.9. The van der Waals surface area contributed by atoms with Gasteiger partial charge >= 0.3 is 0 Å².